The van der Waals surface area contributed by atoms with Gasteiger partial charge in [-0.15, -0.1) is 11.3 Å². The minimum absolute atomic E-state index is 0.240. The Hall–Kier alpha value is -2.25. The number of imidazole rings is 1. The summed E-state index contributed by atoms with van der Waals surface area (Å²) >= 11 is 1.67. The van der Waals surface area contributed by atoms with E-state index < -0.39 is 0 Å². The van der Waals surface area contributed by atoms with Gasteiger partial charge in [0, 0.05) is 55.8 Å². The molecule has 0 N–H and O–H groups in total. The van der Waals surface area contributed by atoms with Crippen molar-refractivity contribution in [1.82, 2.24) is 19.2 Å². The van der Waals surface area contributed by atoms with E-state index in [2.05, 4.69) is 29.3 Å². The molecular formula is C22H27FN4OS. The third-order valence-electron chi connectivity index (χ3n) is 5.50. The number of amides is 1. The van der Waals surface area contributed by atoms with Gasteiger partial charge in [-0.3, -0.25) is 14.1 Å². The van der Waals surface area contributed by atoms with E-state index in [1.165, 1.54) is 17.0 Å². The molecule has 0 unspecified atom stereocenters. The molecule has 1 saturated heterocycles. The number of unbranched alkanes of at least 4 members (excludes halogenated alkanes) is 1. The van der Waals surface area contributed by atoms with Crippen LogP contribution in [-0.2, 0) is 11.3 Å². The summed E-state index contributed by atoms with van der Waals surface area (Å²) in [5.41, 5.74) is 2.97. The van der Waals surface area contributed by atoms with Crippen molar-refractivity contribution in [3.63, 3.8) is 0 Å². The Bertz CT molecular complexity index is 986. The molecule has 0 saturated carbocycles. The molecule has 3 heterocycles. The third kappa shape index (κ3) is 4.36. The molecule has 0 spiro atoms. The van der Waals surface area contributed by atoms with Crippen LogP contribution in [0.2, 0.25) is 0 Å². The SMILES string of the molecule is CCCCC(=O)N1CCN(Cc2c(-c3ccc(F)cc3)nc3sc(C)cn23)CC1. The van der Waals surface area contributed by atoms with Crippen LogP contribution in [0.25, 0.3) is 16.2 Å². The number of aryl methyl sites for hydroxylation is 1. The number of nitrogens with zero attached hydrogens (tertiary/aromatic N) is 4. The van der Waals surface area contributed by atoms with Gasteiger partial charge in [-0.25, -0.2) is 9.37 Å². The number of halogens is 1. The first-order chi connectivity index (χ1) is 14.0. The van der Waals surface area contributed by atoms with Crippen molar-refractivity contribution in [3.8, 4) is 11.3 Å². The molecule has 0 aliphatic carbocycles. The monoisotopic (exact) mass is 414 g/mol. The number of piperazine rings is 1. The van der Waals surface area contributed by atoms with Crippen molar-refractivity contribution >= 4 is 22.2 Å². The fraction of sp³-hybridized carbons (Fsp3) is 0.455. The Morgan fingerprint density at radius 3 is 2.59 bits per heavy atom. The largest absolute Gasteiger partial charge is 0.340 e. The van der Waals surface area contributed by atoms with Crippen LogP contribution in [0.15, 0.2) is 30.5 Å². The fourth-order valence-electron chi connectivity index (χ4n) is 3.84. The molecule has 1 fully saturated rings. The first-order valence-corrected chi connectivity index (χ1v) is 11.1. The van der Waals surface area contributed by atoms with Crippen LogP contribution in [-0.4, -0.2) is 51.3 Å². The lowest BCUT2D eigenvalue weighted by atomic mass is 10.1. The zero-order valence-corrected chi connectivity index (χ0v) is 17.8. The number of hydrogen-bond donors (Lipinski definition) is 0. The molecule has 5 nitrogen and oxygen atoms in total. The number of thiazole rings is 1. The Balaban J connectivity index is 1.52. The number of aromatic nitrogens is 2. The van der Waals surface area contributed by atoms with Crippen molar-refractivity contribution in [2.24, 2.45) is 0 Å². The van der Waals surface area contributed by atoms with Gasteiger partial charge in [-0.2, -0.15) is 0 Å². The highest BCUT2D eigenvalue weighted by atomic mass is 32.1. The minimum atomic E-state index is -0.240. The number of carbonyl (C=O) groups is 1. The van der Waals surface area contributed by atoms with E-state index in [9.17, 15) is 9.18 Å². The summed E-state index contributed by atoms with van der Waals surface area (Å²) in [6.45, 7) is 8.23. The third-order valence-corrected chi connectivity index (χ3v) is 6.40. The van der Waals surface area contributed by atoms with E-state index in [1.807, 2.05) is 4.90 Å². The van der Waals surface area contributed by atoms with Gasteiger partial charge in [0.1, 0.15) is 5.82 Å². The summed E-state index contributed by atoms with van der Waals surface area (Å²) in [5.74, 6) is 0.0368. The molecule has 1 amide bonds. The molecule has 1 aromatic carbocycles. The van der Waals surface area contributed by atoms with Crippen LogP contribution in [0.3, 0.4) is 0 Å². The molecule has 29 heavy (non-hydrogen) atoms. The lowest BCUT2D eigenvalue weighted by Gasteiger charge is -2.34. The number of fused-ring (bicyclic) bond motifs is 1. The number of benzene rings is 1. The van der Waals surface area contributed by atoms with Crippen molar-refractivity contribution in [1.29, 1.82) is 0 Å². The Morgan fingerprint density at radius 2 is 1.90 bits per heavy atom. The number of rotatable bonds is 6. The highest BCUT2D eigenvalue weighted by Gasteiger charge is 2.24. The first-order valence-electron chi connectivity index (χ1n) is 10.3. The van der Waals surface area contributed by atoms with Crippen LogP contribution in [0.1, 0.15) is 36.8 Å². The highest BCUT2D eigenvalue weighted by molar-refractivity contribution is 7.17. The second-order valence-corrected chi connectivity index (χ2v) is 8.88. The summed E-state index contributed by atoms with van der Waals surface area (Å²) in [4.78, 5) is 23.7. The smallest absolute Gasteiger partial charge is 0.222 e. The van der Waals surface area contributed by atoms with Gasteiger partial charge in [0.25, 0.3) is 0 Å². The summed E-state index contributed by atoms with van der Waals surface area (Å²) in [6.07, 6.45) is 4.79. The van der Waals surface area contributed by atoms with Crippen molar-refractivity contribution in [3.05, 3.63) is 46.9 Å². The highest BCUT2D eigenvalue weighted by Crippen LogP contribution is 2.29. The molecule has 0 atom stereocenters. The molecular weight excluding hydrogens is 387 g/mol. The van der Waals surface area contributed by atoms with Crippen LogP contribution >= 0.6 is 11.3 Å². The zero-order valence-electron chi connectivity index (χ0n) is 17.0. The molecule has 7 heteroatoms. The van der Waals surface area contributed by atoms with E-state index in [4.69, 9.17) is 4.98 Å². The summed E-state index contributed by atoms with van der Waals surface area (Å²) in [7, 11) is 0. The van der Waals surface area contributed by atoms with Crippen LogP contribution in [0, 0.1) is 12.7 Å². The second kappa shape index (κ2) is 8.63. The minimum Gasteiger partial charge on any atom is -0.340 e. The first kappa shape index (κ1) is 20.0. The predicted molar refractivity (Wildman–Crippen MR) is 115 cm³/mol. The maximum atomic E-state index is 13.4. The van der Waals surface area contributed by atoms with Gasteiger partial charge < -0.3 is 4.90 Å². The summed E-state index contributed by atoms with van der Waals surface area (Å²) < 4.78 is 15.6. The Labute approximate surface area is 174 Å². The second-order valence-electron chi connectivity index (χ2n) is 7.67. The lowest BCUT2D eigenvalue weighted by molar-refractivity contribution is -0.133. The molecule has 3 aromatic rings. The van der Waals surface area contributed by atoms with Gasteiger partial charge in [-0.05, 0) is 37.6 Å². The molecule has 1 aliphatic heterocycles. The van der Waals surface area contributed by atoms with Crippen LogP contribution in [0.4, 0.5) is 4.39 Å². The van der Waals surface area contributed by atoms with Gasteiger partial charge in [-0.1, -0.05) is 13.3 Å². The number of carbonyl (C=O) groups excluding carboxylic acids is 1. The van der Waals surface area contributed by atoms with Crippen molar-refractivity contribution in [2.75, 3.05) is 26.2 Å². The number of hydrogen-bond acceptors (Lipinski definition) is 4. The van der Waals surface area contributed by atoms with Crippen molar-refractivity contribution in [2.45, 2.75) is 39.7 Å². The van der Waals surface area contributed by atoms with Crippen molar-refractivity contribution < 1.29 is 9.18 Å². The zero-order chi connectivity index (χ0) is 20.4. The predicted octanol–water partition coefficient (Wildman–Crippen LogP) is 4.34. The van der Waals surface area contributed by atoms with Gasteiger partial charge >= 0.3 is 0 Å². The summed E-state index contributed by atoms with van der Waals surface area (Å²) in [6, 6.07) is 6.56. The van der Waals surface area contributed by atoms with Gasteiger partial charge in [0.15, 0.2) is 4.96 Å². The fourth-order valence-corrected chi connectivity index (χ4v) is 4.69. The van der Waals surface area contributed by atoms with Crippen LogP contribution < -0.4 is 0 Å². The van der Waals surface area contributed by atoms with Gasteiger partial charge in [0.05, 0.1) is 11.4 Å². The van der Waals surface area contributed by atoms with Crippen LogP contribution in [0.5, 0.6) is 0 Å². The average Bonchev–Trinajstić information content (AvgIpc) is 3.24. The van der Waals surface area contributed by atoms with E-state index in [0.717, 1.165) is 67.5 Å². The molecule has 0 bridgehead atoms. The van der Waals surface area contributed by atoms with E-state index in [-0.39, 0.29) is 11.7 Å². The average molecular weight is 415 g/mol. The standard InChI is InChI=1S/C22H27FN4OS/c1-3-4-5-20(28)26-12-10-25(11-13-26)15-19-21(17-6-8-18(23)9-7-17)24-22-27(19)14-16(2)29-22/h6-9,14H,3-5,10-13,15H2,1-2H3. The molecule has 0 radical (unpaired) electrons. The summed E-state index contributed by atoms with van der Waals surface area (Å²) in [5, 5.41) is 0. The topological polar surface area (TPSA) is 40.9 Å². The Morgan fingerprint density at radius 1 is 1.17 bits per heavy atom. The quantitative estimate of drug-likeness (QED) is 0.602. The maximum absolute atomic E-state index is 13.4. The molecule has 4 rings (SSSR count). The normalized spacial score (nSPS) is 15.3. The van der Waals surface area contributed by atoms with E-state index in [1.54, 1.807) is 23.5 Å². The molecule has 2 aromatic heterocycles. The molecule has 1 aliphatic rings. The molecule has 154 valence electrons. The lowest BCUT2D eigenvalue weighted by Crippen LogP contribution is -2.48. The van der Waals surface area contributed by atoms with E-state index >= 15 is 0 Å². The van der Waals surface area contributed by atoms with E-state index in [0.29, 0.717) is 6.42 Å². The maximum Gasteiger partial charge on any atom is 0.222 e. The Kier molecular flexibility index (Phi) is 5.96. The van der Waals surface area contributed by atoms with Gasteiger partial charge in [0.2, 0.25) is 5.91 Å².